The molecule has 0 rings (SSSR count). The monoisotopic (exact) mass is 1010 g/mol. The van der Waals surface area contributed by atoms with Crippen LogP contribution in [0.5, 0.6) is 0 Å². The summed E-state index contributed by atoms with van der Waals surface area (Å²) in [5, 5.41) is 23.3. The Hall–Kier alpha value is -1.92. The largest absolute Gasteiger partial charge is 0.466 e. The Morgan fingerprint density at radius 3 is 1.12 bits per heavy atom. The van der Waals surface area contributed by atoms with Crippen LogP contribution in [0.15, 0.2) is 36.5 Å². The second kappa shape index (κ2) is 61.6. The fourth-order valence-electron chi connectivity index (χ4n) is 9.97. The molecule has 0 aliphatic carbocycles. The lowest BCUT2D eigenvalue weighted by Crippen LogP contribution is -2.45. The molecule has 0 spiro atoms. The van der Waals surface area contributed by atoms with E-state index in [0.29, 0.717) is 25.9 Å². The number of rotatable bonds is 60. The molecule has 0 aliphatic rings. The summed E-state index contributed by atoms with van der Waals surface area (Å²) >= 11 is 0. The van der Waals surface area contributed by atoms with Crippen molar-refractivity contribution in [2.75, 3.05) is 13.2 Å². The fraction of sp³-hybridized carbons (Fsp3) is 0.879. The summed E-state index contributed by atoms with van der Waals surface area (Å²) in [5.74, 6) is -0.0376. The molecule has 0 heterocycles. The van der Waals surface area contributed by atoms with Crippen LogP contribution in [0.25, 0.3) is 0 Å². The normalized spacial score (nSPS) is 12.8. The maximum absolute atomic E-state index is 12.5. The lowest BCUT2D eigenvalue weighted by atomic mass is 10.0. The highest BCUT2D eigenvalue weighted by atomic mass is 16.5. The molecule has 424 valence electrons. The van der Waals surface area contributed by atoms with E-state index in [4.69, 9.17) is 4.74 Å². The van der Waals surface area contributed by atoms with Gasteiger partial charge in [0.25, 0.3) is 0 Å². The summed E-state index contributed by atoms with van der Waals surface area (Å²) in [4.78, 5) is 24.5. The van der Waals surface area contributed by atoms with Crippen molar-refractivity contribution >= 4 is 11.9 Å². The zero-order valence-electron chi connectivity index (χ0n) is 48.4. The van der Waals surface area contributed by atoms with Gasteiger partial charge in [-0.15, -0.1) is 0 Å². The van der Waals surface area contributed by atoms with E-state index < -0.39 is 12.1 Å². The Morgan fingerprint density at radius 1 is 0.389 bits per heavy atom. The minimum atomic E-state index is -0.667. The molecular formula is C66H125NO5. The summed E-state index contributed by atoms with van der Waals surface area (Å²) in [6.07, 6.45) is 77.3. The molecule has 0 fully saturated rings. The van der Waals surface area contributed by atoms with Crippen molar-refractivity contribution in [3.05, 3.63) is 36.5 Å². The number of esters is 1. The third kappa shape index (κ3) is 57.4. The van der Waals surface area contributed by atoms with Crippen molar-refractivity contribution in [2.45, 2.75) is 360 Å². The Balaban J connectivity index is 3.40. The second-order valence-electron chi connectivity index (χ2n) is 22.1. The lowest BCUT2D eigenvalue weighted by molar-refractivity contribution is -0.143. The predicted octanol–water partition coefficient (Wildman–Crippen LogP) is 20.4. The van der Waals surface area contributed by atoms with E-state index >= 15 is 0 Å². The molecule has 0 radical (unpaired) electrons. The van der Waals surface area contributed by atoms with Gasteiger partial charge in [-0.05, 0) is 77.0 Å². The SMILES string of the molecule is CCC/C=C\C/C=C\CCCCCCCC(=O)OCCCCCCCCCCCCCC/C=C\CCCCCCCCCCCC(=O)NC(CO)C(O)CCCCCCCCCCCCCCCCCCC. The predicted molar refractivity (Wildman–Crippen MR) is 315 cm³/mol. The van der Waals surface area contributed by atoms with Gasteiger partial charge in [0.2, 0.25) is 5.91 Å². The topological polar surface area (TPSA) is 95.9 Å². The molecule has 1 amide bonds. The number of amides is 1. The maximum Gasteiger partial charge on any atom is 0.305 e. The quantitative estimate of drug-likeness (QED) is 0.0320. The van der Waals surface area contributed by atoms with Gasteiger partial charge in [0.05, 0.1) is 25.4 Å². The summed E-state index contributed by atoms with van der Waals surface area (Å²) in [6.45, 7) is 4.90. The van der Waals surface area contributed by atoms with Crippen LogP contribution in [0.1, 0.15) is 348 Å². The molecule has 0 aromatic heterocycles. The van der Waals surface area contributed by atoms with Gasteiger partial charge in [0, 0.05) is 12.8 Å². The molecule has 3 N–H and O–H groups in total. The smallest absolute Gasteiger partial charge is 0.305 e. The zero-order valence-corrected chi connectivity index (χ0v) is 48.4. The third-order valence-corrected chi connectivity index (χ3v) is 14.9. The molecule has 2 unspecified atom stereocenters. The number of hydrogen-bond donors (Lipinski definition) is 3. The highest BCUT2D eigenvalue weighted by molar-refractivity contribution is 5.76. The number of ether oxygens (including phenoxy) is 1. The van der Waals surface area contributed by atoms with Crippen LogP contribution >= 0.6 is 0 Å². The highest BCUT2D eigenvalue weighted by Crippen LogP contribution is 2.18. The molecule has 0 aliphatic heterocycles. The fourth-order valence-corrected chi connectivity index (χ4v) is 9.97. The maximum atomic E-state index is 12.5. The van der Waals surface area contributed by atoms with E-state index in [1.807, 2.05) is 0 Å². The van der Waals surface area contributed by atoms with Crippen molar-refractivity contribution in [2.24, 2.45) is 0 Å². The number of allylic oxidation sites excluding steroid dienone is 6. The van der Waals surface area contributed by atoms with Gasteiger partial charge in [0.1, 0.15) is 0 Å². The average molecular weight is 1010 g/mol. The minimum Gasteiger partial charge on any atom is -0.466 e. The summed E-state index contributed by atoms with van der Waals surface area (Å²) < 4.78 is 5.47. The first-order valence-electron chi connectivity index (χ1n) is 32.2. The van der Waals surface area contributed by atoms with E-state index in [9.17, 15) is 19.8 Å². The van der Waals surface area contributed by atoms with Gasteiger partial charge in [-0.2, -0.15) is 0 Å². The minimum absolute atomic E-state index is 0.00178. The van der Waals surface area contributed by atoms with Crippen LogP contribution in [0.2, 0.25) is 0 Å². The molecule has 0 saturated heterocycles. The van der Waals surface area contributed by atoms with Crippen LogP contribution in [0.3, 0.4) is 0 Å². The van der Waals surface area contributed by atoms with Gasteiger partial charge >= 0.3 is 5.97 Å². The second-order valence-corrected chi connectivity index (χ2v) is 22.1. The summed E-state index contributed by atoms with van der Waals surface area (Å²) in [7, 11) is 0. The van der Waals surface area contributed by atoms with E-state index in [1.165, 1.54) is 263 Å². The van der Waals surface area contributed by atoms with Gasteiger partial charge in [-0.25, -0.2) is 0 Å². The molecule has 72 heavy (non-hydrogen) atoms. The van der Waals surface area contributed by atoms with Crippen molar-refractivity contribution in [3.63, 3.8) is 0 Å². The van der Waals surface area contributed by atoms with Gasteiger partial charge < -0.3 is 20.3 Å². The number of carbonyl (C=O) groups excluding carboxylic acids is 2. The number of aliphatic hydroxyl groups excluding tert-OH is 2. The Labute approximate surface area is 449 Å². The van der Waals surface area contributed by atoms with Gasteiger partial charge in [-0.3, -0.25) is 9.59 Å². The molecule has 0 aromatic rings. The van der Waals surface area contributed by atoms with Crippen LogP contribution in [-0.2, 0) is 14.3 Å². The molecule has 0 bridgehead atoms. The lowest BCUT2D eigenvalue weighted by Gasteiger charge is -2.22. The first kappa shape index (κ1) is 70.1. The average Bonchev–Trinajstić information content (AvgIpc) is 3.38. The number of nitrogens with one attached hydrogen (secondary N) is 1. The summed E-state index contributed by atoms with van der Waals surface area (Å²) in [6, 6.07) is -0.544. The van der Waals surface area contributed by atoms with E-state index in [2.05, 4.69) is 55.6 Å². The van der Waals surface area contributed by atoms with Crippen LogP contribution in [-0.4, -0.2) is 47.4 Å². The van der Waals surface area contributed by atoms with Crippen molar-refractivity contribution in [1.82, 2.24) is 5.32 Å². The van der Waals surface area contributed by atoms with Crippen molar-refractivity contribution in [1.29, 1.82) is 0 Å². The van der Waals surface area contributed by atoms with Crippen molar-refractivity contribution in [3.8, 4) is 0 Å². The molecule has 6 heteroatoms. The Kier molecular flexibility index (Phi) is 60.0. The number of hydrogen-bond acceptors (Lipinski definition) is 5. The highest BCUT2D eigenvalue weighted by Gasteiger charge is 2.20. The van der Waals surface area contributed by atoms with E-state index in [1.54, 1.807) is 0 Å². The first-order chi connectivity index (χ1) is 35.5. The molecule has 0 aromatic carbocycles. The van der Waals surface area contributed by atoms with Crippen LogP contribution < -0.4 is 5.32 Å². The standard InChI is InChI=1S/C66H125NO5/c1-3-5-7-9-11-13-15-17-18-28-31-35-38-42-46-50-54-58-64(69)63(62-68)67-65(70)59-55-51-47-43-39-36-32-29-26-24-22-20-19-21-23-25-27-30-33-37-41-45-49-53-57-61-72-66(71)60-56-52-48-44-40-34-16-14-12-10-8-6-4-2/h8,10,14,16,20,22,63-64,68-69H,3-7,9,11-13,15,17-19,21,23-62H2,1-2H3,(H,67,70)/b10-8-,16-14-,22-20-. The number of carbonyl (C=O) groups is 2. The third-order valence-electron chi connectivity index (χ3n) is 14.9. The Morgan fingerprint density at radius 2 is 0.722 bits per heavy atom. The molecule has 2 atom stereocenters. The molecular weight excluding hydrogens is 887 g/mol. The molecule has 0 saturated carbocycles. The van der Waals surface area contributed by atoms with E-state index in [-0.39, 0.29) is 18.5 Å². The van der Waals surface area contributed by atoms with Gasteiger partial charge in [0.15, 0.2) is 0 Å². The van der Waals surface area contributed by atoms with Crippen molar-refractivity contribution < 1.29 is 24.5 Å². The van der Waals surface area contributed by atoms with Crippen LogP contribution in [0.4, 0.5) is 0 Å². The van der Waals surface area contributed by atoms with E-state index in [0.717, 1.165) is 51.4 Å². The number of unbranched alkanes of at least 4 members (excludes halogenated alkanes) is 43. The first-order valence-corrected chi connectivity index (χ1v) is 32.2. The van der Waals surface area contributed by atoms with Gasteiger partial charge in [-0.1, -0.05) is 294 Å². The zero-order chi connectivity index (χ0) is 52.2. The molecule has 6 nitrogen and oxygen atoms in total. The Bertz CT molecular complexity index is 1170. The number of aliphatic hydroxyl groups is 2. The summed E-state index contributed by atoms with van der Waals surface area (Å²) in [5.41, 5.74) is 0. The van der Waals surface area contributed by atoms with Crippen LogP contribution in [0, 0.1) is 0 Å².